The predicted molar refractivity (Wildman–Crippen MR) is 39.7 cm³/mol. The van der Waals surface area contributed by atoms with Crippen molar-refractivity contribution in [1.29, 1.82) is 0 Å². The lowest BCUT2D eigenvalue weighted by molar-refractivity contribution is 0.923. The second-order valence-electron chi connectivity index (χ2n) is 2.20. The van der Waals surface area contributed by atoms with Gasteiger partial charge in [-0.15, -0.1) is 0 Å². The van der Waals surface area contributed by atoms with Gasteiger partial charge in [0.15, 0.2) is 0 Å². The Kier molecular flexibility index (Phi) is 1.01. The molecule has 0 atom stereocenters. The molecule has 0 aliphatic rings. The molecule has 0 amide bonds. The van der Waals surface area contributed by atoms with Crippen LogP contribution in [0.3, 0.4) is 0 Å². The summed E-state index contributed by atoms with van der Waals surface area (Å²) in [6.45, 7) is 3.72. The van der Waals surface area contributed by atoms with Crippen molar-refractivity contribution in [1.82, 2.24) is 9.61 Å². The lowest BCUT2D eigenvalue weighted by Gasteiger charge is -1.93. The number of hydrogen-bond donors (Lipinski definition) is 0. The average molecular weight is 131 g/mol. The molecule has 2 heteroatoms. The maximum absolute atomic E-state index is 4.14. The Morgan fingerprint density at radius 3 is 3.10 bits per heavy atom. The molecule has 0 unspecified atom stereocenters. The summed E-state index contributed by atoms with van der Waals surface area (Å²) in [4.78, 5) is 0. The zero-order chi connectivity index (χ0) is 6.97. The maximum atomic E-state index is 4.14. The number of hydrogen-bond acceptors (Lipinski definition) is 1. The highest BCUT2D eigenvalue weighted by Gasteiger charge is 1.90. The van der Waals surface area contributed by atoms with Crippen LogP contribution in [0.5, 0.6) is 0 Å². The van der Waals surface area contributed by atoms with E-state index in [0.717, 1.165) is 11.2 Å². The van der Waals surface area contributed by atoms with Crippen LogP contribution in [-0.4, -0.2) is 9.61 Å². The Balaban J connectivity index is 2.86. The van der Waals surface area contributed by atoms with Crippen molar-refractivity contribution in [3.05, 3.63) is 43.1 Å². The molecule has 0 saturated heterocycles. The Morgan fingerprint density at radius 2 is 2.20 bits per heavy atom. The molecule has 0 spiro atoms. The molecule has 2 rings (SSSR count). The van der Waals surface area contributed by atoms with E-state index in [1.54, 1.807) is 0 Å². The average Bonchev–Trinajstić information content (AvgIpc) is 2.33. The summed E-state index contributed by atoms with van der Waals surface area (Å²) in [6, 6.07) is 7.86. The van der Waals surface area contributed by atoms with Gasteiger partial charge in [-0.3, -0.25) is 0 Å². The zero-order valence-corrected chi connectivity index (χ0v) is 5.49. The van der Waals surface area contributed by atoms with Gasteiger partial charge in [-0.2, -0.15) is 5.10 Å². The minimum Gasteiger partial charge on any atom is -0.241 e. The molecule has 2 aromatic heterocycles. The van der Waals surface area contributed by atoms with E-state index in [1.807, 2.05) is 35.0 Å². The van der Waals surface area contributed by atoms with Gasteiger partial charge >= 0.3 is 0 Å². The molecule has 2 heterocycles. The molecule has 0 aliphatic carbocycles. The minimum atomic E-state index is 0.795. The van der Waals surface area contributed by atoms with E-state index < -0.39 is 0 Å². The van der Waals surface area contributed by atoms with E-state index in [0.29, 0.717) is 0 Å². The first-order valence-corrected chi connectivity index (χ1v) is 3.12. The molecule has 0 saturated carbocycles. The first-order valence-electron chi connectivity index (χ1n) is 3.12. The summed E-state index contributed by atoms with van der Waals surface area (Å²) in [5, 5.41) is 4.14. The third-order valence-corrected chi connectivity index (χ3v) is 1.44. The van der Waals surface area contributed by atoms with E-state index >= 15 is 0 Å². The van der Waals surface area contributed by atoms with Crippen LogP contribution in [0, 0.1) is 6.92 Å². The molecule has 0 bridgehead atoms. The Hall–Kier alpha value is -1.31. The molecular formula is C8H7N2. The fraction of sp³-hybridized carbons (Fsp3) is 0. The van der Waals surface area contributed by atoms with Crippen molar-refractivity contribution in [2.24, 2.45) is 0 Å². The first-order chi connectivity index (χ1) is 4.86. The van der Waals surface area contributed by atoms with Gasteiger partial charge in [0.25, 0.3) is 0 Å². The van der Waals surface area contributed by atoms with Crippen LogP contribution in [0.2, 0.25) is 0 Å². The van der Waals surface area contributed by atoms with Gasteiger partial charge in [0.2, 0.25) is 0 Å². The van der Waals surface area contributed by atoms with Crippen molar-refractivity contribution in [3.63, 3.8) is 0 Å². The molecule has 0 N–H and O–H groups in total. The normalized spacial score (nSPS) is 10.5. The molecular weight excluding hydrogens is 124 g/mol. The summed E-state index contributed by atoms with van der Waals surface area (Å²) in [5.41, 5.74) is 1.90. The smallest absolute Gasteiger partial charge is 0.0646 e. The third-order valence-electron chi connectivity index (χ3n) is 1.44. The monoisotopic (exact) mass is 131 g/mol. The van der Waals surface area contributed by atoms with Crippen molar-refractivity contribution < 1.29 is 0 Å². The molecule has 0 aliphatic heterocycles. The van der Waals surface area contributed by atoms with Gasteiger partial charge in [-0.05, 0) is 31.2 Å². The second-order valence-corrected chi connectivity index (χ2v) is 2.20. The van der Waals surface area contributed by atoms with E-state index in [2.05, 4.69) is 12.0 Å². The standard InChI is InChI=1S/C8H7N2/c1-7-4-5-8-3-2-6-10(8)9-7/h2-6H,1H2. The Bertz CT molecular complexity index is 349. The lowest BCUT2D eigenvalue weighted by atomic mass is 10.4. The molecule has 0 fully saturated rings. The largest absolute Gasteiger partial charge is 0.241 e. The summed E-state index contributed by atoms with van der Waals surface area (Å²) in [5.74, 6) is 0. The van der Waals surface area contributed by atoms with Crippen LogP contribution >= 0.6 is 0 Å². The first kappa shape index (κ1) is 5.47. The van der Waals surface area contributed by atoms with Crippen LogP contribution in [-0.2, 0) is 0 Å². The topological polar surface area (TPSA) is 17.3 Å². The van der Waals surface area contributed by atoms with Gasteiger partial charge in [0.1, 0.15) is 0 Å². The van der Waals surface area contributed by atoms with E-state index in [9.17, 15) is 0 Å². The van der Waals surface area contributed by atoms with Gasteiger partial charge in [-0.1, -0.05) is 0 Å². The number of aromatic nitrogens is 2. The molecule has 1 radical (unpaired) electrons. The van der Waals surface area contributed by atoms with Crippen LogP contribution in [0.1, 0.15) is 5.69 Å². The summed E-state index contributed by atoms with van der Waals surface area (Å²) >= 11 is 0. The number of rotatable bonds is 0. The van der Waals surface area contributed by atoms with Gasteiger partial charge < -0.3 is 0 Å². The SMILES string of the molecule is [CH2]c1ccc2cccn2n1. The number of nitrogens with zero attached hydrogens (tertiary/aromatic N) is 2. The highest BCUT2D eigenvalue weighted by atomic mass is 15.2. The molecule has 2 aromatic rings. The van der Waals surface area contributed by atoms with Crippen molar-refractivity contribution >= 4 is 5.52 Å². The fourth-order valence-electron chi connectivity index (χ4n) is 0.962. The third kappa shape index (κ3) is 0.692. The molecule has 49 valence electrons. The predicted octanol–water partition coefficient (Wildman–Crippen LogP) is 1.52. The van der Waals surface area contributed by atoms with Crippen LogP contribution in [0.15, 0.2) is 30.5 Å². The van der Waals surface area contributed by atoms with Crippen molar-refractivity contribution in [2.75, 3.05) is 0 Å². The highest BCUT2D eigenvalue weighted by molar-refractivity contribution is 5.46. The molecule has 0 aromatic carbocycles. The van der Waals surface area contributed by atoms with Crippen LogP contribution < -0.4 is 0 Å². The molecule has 10 heavy (non-hydrogen) atoms. The van der Waals surface area contributed by atoms with Gasteiger partial charge in [0, 0.05) is 6.20 Å². The minimum absolute atomic E-state index is 0.795. The zero-order valence-electron chi connectivity index (χ0n) is 5.49. The molecule has 2 nitrogen and oxygen atoms in total. The fourth-order valence-corrected chi connectivity index (χ4v) is 0.962. The van der Waals surface area contributed by atoms with E-state index in [-0.39, 0.29) is 0 Å². The van der Waals surface area contributed by atoms with Crippen LogP contribution in [0.4, 0.5) is 0 Å². The lowest BCUT2D eigenvalue weighted by Crippen LogP contribution is -1.90. The highest BCUT2D eigenvalue weighted by Crippen LogP contribution is 2.01. The van der Waals surface area contributed by atoms with E-state index in [4.69, 9.17) is 0 Å². The Labute approximate surface area is 59.1 Å². The maximum Gasteiger partial charge on any atom is 0.0646 e. The second kappa shape index (κ2) is 1.84. The summed E-state index contributed by atoms with van der Waals surface area (Å²) in [7, 11) is 0. The van der Waals surface area contributed by atoms with Gasteiger partial charge in [-0.25, -0.2) is 4.52 Å². The summed E-state index contributed by atoms with van der Waals surface area (Å²) < 4.78 is 1.81. The summed E-state index contributed by atoms with van der Waals surface area (Å²) in [6.07, 6.45) is 1.91. The van der Waals surface area contributed by atoms with Crippen molar-refractivity contribution in [2.45, 2.75) is 0 Å². The van der Waals surface area contributed by atoms with Crippen LogP contribution in [0.25, 0.3) is 5.52 Å². The van der Waals surface area contributed by atoms with E-state index in [1.165, 1.54) is 0 Å². The van der Waals surface area contributed by atoms with Crippen molar-refractivity contribution in [3.8, 4) is 0 Å². The van der Waals surface area contributed by atoms with Gasteiger partial charge in [0.05, 0.1) is 11.2 Å². The number of fused-ring (bicyclic) bond motifs is 1. The Morgan fingerprint density at radius 1 is 1.30 bits per heavy atom. The quantitative estimate of drug-likeness (QED) is 0.529.